The van der Waals surface area contributed by atoms with E-state index in [0.29, 0.717) is 5.92 Å². The van der Waals surface area contributed by atoms with Crippen molar-refractivity contribution in [2.45, 2.75) is 52.3 Å². The molecule has 1 N–H and O–H groups in total. The molecule has 2 rings (SSSR count). The second kappa shape index (κ2) is 6.62. The second-order valence-electron chi connectivity index (χ2n) is 5.71. The molecule has 0 bridgehead atoms. The van der Waals surface area contributed by atoms with Gasteiger partial charge in [-0.2, -0.15) is 0 Å². The van der Waals surface area contributed by atoms with Crippen LogP contribution in [0.2, 0.25) is 0 Å². The molecule has 0 fully saturated rings. The van der Waals surface area contributed by atoms with Gasteiger partial charge in [0.2, 0.25) is 0 Å². The predicted octanol–water partition coefficient (Wildman–Crippen LogP) is 5.53. The molecule has 3 nitrogen and oxygen atoms in total. The number of rotatable bonds is 6. The molecule has 2 unspecified atom stereocenters. The fourth-order valence-corrected chi connectivity index (χ4v) is 5.66. The van der Waals surface area contributed by atoms with Crippen molar-refractivity contribution in [1.29, 1.82) is 0 Å². The molecule has 2 aromatic rings. The van der Waals surface area contributed by atoms with Gasteiger partial charge in [-0.3, -0.25) is 4.57 Å². The molecule has 0 aliphatic carbocycles. The van der Waals surface area contributed by atoms with Gasteiger partial charge in [0.15, 0.2) is 0 Å². The third-order valence-electron chi connectivity index (χ3n) is 3.55. The van der Waals surface area contributed by atoms with Crippen molar-refractivity contribution in [3.8, 4) is 0 Å². The van der Waals surface area contributed by atoms with Crippen molar-refractivity contribution >= 4 is 29.0 Å². The lowest BCUT2D eigenvalue weighted by Crippen LogP contribution is -2.05. The maximum absolute atomic E-state index is 12.3. The molecule has 0 aliphatic rings. The van der Waals surface area contributed by atoms with Gasteiger partial charge >= 0.3 is 7.60 Å². The highest BCUT2D eigenvalue weighted by Gasteiger charge is 2.27. The molecule has 0 radical (unpaired) electrons. The summed E-state index contributed by atoms with van der Waals surface area (Å²) >= 11 is 1.60. The first-order chi connectivity index (χ1) is 9.84. The van der Waals surface area contributed by atoms with Crippen LogP contribution in [-0.4, -0.2) is 11.0 Å². The normalized spacial score (nSPS) is 16.3. The van der Waals surface area contributed by atoms with Gasteiger partial charge in [-0.25, -0.2) is 0 Å². The van der Waals surface area contributed by atoms with Gasteiger partial charge in [0.05, 0.1) is 12.3 Å². The summed E-state index contributed by atoms with van der Waals surface area (Å²) < 4.78 is 18.9. The number of hydrogen-bond acceptors (Lipinski definition) is 3. The minimum atomic E-state index is -3.60. The lowest BCUT2D eigenvalue weighted by molar-refractivity contribution is 0.185. The van der Waals surface area contributed by atoms with Gasteiger partial charge in [0, 0.05) is 9.58 Å². The Labute approximate surface area is 130 Å². The van der Waals surface area contributed by atoms with Crippen LogP contribution < -0.4 is 0 Å². The zero-order valence-corrected chi connectivity index (χ0v) is 14.7. The summed E-state index contributed by atoms with van der Waals surface area (Å²) in [5, 5.41) is 1.19. The van der Waals surface area contributed by atoms with Crippen molar-refractivity contribution in [2.24, 2.45) is 0 Å². The molecule has 5 heteroatoms. The molecule has 2 atom stereocenters. The van der Waals surface area contributed by atoms with E-state index in [9.17, 15) is 9.46 Å². The quantitative estimate of drug-likeness (QED) is 0.710. The Balaban J connectivity index is 2.38. The number of hydrogen-bond donors (Lipinski definition) is 1. The molecule has 0 saturated heterocycles. The maximum Gasteiger partial charge on any atom is 0.333 e. The van der Waals surface area contributed by atoms with Crippen molar-refractivity contribution in [1.82, 2.24) is 0 Å². The van der Waals surface area contributed by atoms with Crippen LogP contribution in [0.4, 0.5) is 0 Å². The lowest BCUT2D eigenvalue weighted by Gasteiger charge is -2.17. The van der Waals surface area contributed by atoms with Crippen LogP contribution in [0.3, 0.4) is 0 Å². The second-order valence-corrected chi connectivity index (χ2v) is 8.65. The number of thiophene rings is 1. The molecule has 1 aromatic carbocycles. The summed E-state index contributed by atoms with van der Waals surface area (Å²) in [6.45, 7) is 8.02. The highest BCUT2D eigenvalue weighted by Crippen LogP contribution is 2.51. The molecule has 116 valence electrons. The van der Waals surface area contributed by atoms with E-state index in [4.69, 9.17) is 4.52 Å². The third-order valence-corrected chi connectivity index (χ3v) is 6.36. The van der Waals surface area contributed by atoms with Crippen molar-refractivity contribution < 1.29 is 14.0 Å². The molecule has 1 heterocycles. The lowest BCUT2D eigenvalue weighted by atomic mass is 10.00. The highest BCUT2D eigenvalue weighted by atomic mass is 32.1. The number of fused-ring (bicyclic) bond motifs is 1. The Hall–Kier alpha value is -0.670. The molecule has 1 aromatic heterocycles. The first-order valence-electron chi connectivity index (χ1n) is 7.34. The average Bonchev–Trinajstić information content (AvgIpc) is 2.74. The molecule has 0 amide bonds. The molecule has 0 spiro atoms. The third kappa shape index (κ3) is 3.95. The standard InChI is InChI=1S/C16H23O3PS/c1-5-12(4)19-20(17,18)10-15-16(11(2)3)13-8-6-7-9-14(13)21-15/h6-9,11-12H,5,10H2,1-4H3,(H,17,18). The Morgan fingerprint density at radius 3 is 2.57 bits per heavy atom. The van der Waals surface area contributed by atoms with Gasteiger partial charge in [-0.15, -0.1) is 11.3 Å². The van der Waals surface area contributed by atoms with E-state index in [2.05, 4.69) is 26.0 Å². The summed E-state index contributed by atoms with van der Waals surface area (Å²) in [5.41, 5.74) is 1.18. The van der Waals surface area contributed by atoms with E-state index in [1.807, 2.05) is 26.0 Å². The van der Waals surface area contributed by atoms with Gasteiger partial charge in [-0.05, 0) is 36.3 Å². The average molecular weight is 326 g/mol. The minimum Gasteiger partial charge on any atom is -0.324 e. The highest BCUT2D eigenvalue weighted by molar-refractivity contribution is 7.52. The smallest absolute Gasteiger partial charge is 0.324 e. The largest absolute Gasteiger partial charge is 0.333 e. The number of benzene rings is 1. The maximum atomic E-state index is 12.3. The van der Waals surface area contributed by atoms with E-state index in [0.717, 1.165) is 11.3 Å². The van der Waals surface area contributed by atoms with E-state index in [-0.39, 0.29) is 12.3 Å². The molecular weight excluding hydrogens is 303 g/mol. The zero-order chi connectivity index (χ0) is 15.6. The van der Waals surface area contributed by atoms with E-state index < -0.39 is 7.60 Å². The fourth-order valence-electron chi connectivity index (χ4n) is 2.44. The molecule has 21 heavy (non-hydrogen) atoms. The van der Waals surface area contributed by atoms with Crippen LogP contribution >= 0.6 is 18.9 Å². The van der Waals surface area contributed by atoms with E-state index in [1.54, 1.807) is 11.3 Å². The first-order valence-corrected chi connectivity index (χ1v) is 9.92. The summed E-state index contributed by atoms with van der Waals surface area (Å²) in [6, 6.07) is 8.16. The SMILES string of the molecule is CCC(C)OP(=O)(O)Cc1sc2ccccc2c1C(C)C. The molecule has 0 aliphatic heterocycles. The van der Waals surface area contributed by atoms with Crippen molar-refractivity contribution in [3.63, 3.8) is 0 Å². The van der Waals surface area contributed by atoms with Gasteiger partial charge in [0.1, 0.15) is 0 Å². The van der Waals surface area contributed by atoms with Crippen LogP contribution in [0.5, 0.6) is 0 Å². The Morgan fingerprint density at radius 2 is 1.95 bits per heavy atom. The van der Waals surface area contributed by atoms with Crippen molar-refractivity contribution in [2.75, 3.05) is 0 Å². The fraction of sp³-hybridized carbons (Fsp3) is 0.500. The molecular formula is C16H23O3PS. The van der Waals surface area contributed by atoms with E-state index >= 15 is 0 Å². The van der Waals surface area contributed by atoms with Gasteiger partial charge < -0.3 is 9.42 Å². The monoisotopic (exact) mass is 326 g/mol. The Bertz CT molecular complexity index is 663. The first kappa shape index (κ1) is 16.7. The summed E-state index contributed by atoms with van der Waals surface area (Å²) in [4.78, 5) is 11.1. The summed E-state index contributed by atoms with van der Waals surface area (Å²) in [7, 11) is -3.60. The topological polar surface area (TPSA) is 46.5 Å². The minimum absolute atomic E-state index is 0.101. The predicted molar refractivity (Wildman–Crippen MR) is 90.3 cm³/mol. The van der Waals surface area contributed by atoms with Crippen LogP contribution in [0.1, 0.15) is 50.5 Å². The van der Waals surface area contributed by atoms with Crippen LogP contribution in [-0.2, 0) is 15.3 Å². The van der Waals surface area contributed by atoms with Crippen LogP contribution in [0.25, 0.3) is 10.1 Å². The van der Waals surface area contributed by atoms with Crippen molar-refractivity contribution in [3.05, 3.63) is 34.7 Å². The Morgan fingerprint density at radius 1 is 1.29 bits per heavy atom. The van der Waals surface area contributed by atoms with E-state index in [1.165, 1.54) is 15.6 Å². The van der Waals surface area contributed by atoms with Crippen LogP contribution in [0, 0.1) is 0 Å². The Kier molecular flexibility index (Phi) is 5.26. The van der Waals surface area contributed by atoms with Gasteiger partial charge in [0.25, 0.3) is 0 Å². The van der Waals surface area contributed by atoms with Gasteiger partial charge in [-0.1, -0.05) is 39.0 Å². The zero-order valence-electron chi connectivity index (χ0n) is 13.0. The summed E-state index contributed by atoms with van der Waals surface area (Å²) in [5.74, 6) is 0.319. The summed E-state index contributed by atoms with van der Waals surface area (Å²) in [6.07, 6.45) is 0.635. The molecule has 0 saturated carbocycles. The van der Waals surface area contributed by atoms with Crippen LogP contribution in [0.15, 0.2) is 24.3 Å².